The van der Waals surface area contributed by atoms with Gasteiger partial charge in [-0.1, -0.05) is 93.4 Å². The molecule has 4 saturated heterocycles. The van der Waals surface area contributed by atoms with Crippen LogP contribution < -0.4 is 5.32 Å². The Morgan fingerprint density at radius 3 is 1.60 bits per heavy atom. The molecule has 2 saturated carbocycles. The molecule has 2 N–H and O–H groups in total. The van der Waals surface area contributed by atoms with Gasteiger partial charge in [0, 0.05) is 39.3 Å². The van der Waals surface area contributed by atoms with Gasteiger partial charge in [0.1, 0.15) is 9.79 Å². The van der Waals surface area contributed by atoms with E-state index in [1.807, 2.05) is 4.90 Å². The molecule has 1 amide bonds. The summed E-state index contributed by atoms with van der Waals surface area (Å²) in [6.45, 7) is 5.32. The number of sulfonamides is 2. The number of aliphatic carboxylic acids is 1. The van der Waals surface area contributed by atoms with Crippen molar-refractivity contribution in [2.75, 3.05) is 52.4 Å². The molecule has 0 aromatic heterocycles. The summed E-state index contributed by atoms with van der Waals surface area (Å²) < 4.78 is 53.6. The smallest absolute Gasteiger partial charge is 0.307 e. The second kappa shape index (κ2) is 21.5. The number of nitrogens with zero attached hydrogens (tertiary/aromatic N) is 3. The first-order chi connectivity index (χ1) is 27.4. The largest absolute Gasteiger partial charge is 0.481 e. The Balaban J connectivity index is 0.000000183. The highest BCUT2D eigenvalue weighted by Gasteiger charge is 2.39. The molecule has 6 fully saturated rings. The summed E-state index contributed by atoms with van der Waals surface area (Å²) in [5.74, 6) is 1.84. The lowest BCUT2D eigenvalue weighted by molar-refractivity contribution is -0.143. The number of fused-ring (bicyclic) bond motifs is 2. The molecule has 2 aromatic rings. The van der Waals surface area contributed by atoms with Crippen LogP contribution in [-0.2, 0) is 29.6 Å². The third-order valence-electron chi connectivity index (χ3n) is 13.1. The summed E-state index contributed by atoms with van der Waals surface area (Å²) in [5, 5.41) is 12.9. The molecule has 0 bridgehead atoms. The number of nitrogens with one attached hydrogen (secondary N) is 1. The predicted molar refractivity (Wildman–Crippen MR) is 230 cm³/mol. The van der Waals surface area contributed by atoms with Crippen molar-refractivity contribution < 1.29 is 31.5 Å². The van der Waals surface area contributed by atoms with Crippen molar-refractivity contribution in [3.05, 3.63) is 58.6 Å². The van der Waals surface area contributed by atoms with E-state index in [4.69, 9.17) is 28.3 Å². The highest BCUT2D eigenvalue weighted by atomic mass is 35.5. The lowest BCUT2D eigenvalue weighted by atomic mass is 9.75. The van der Waals surface area contributed by atoms with E-state index in [9.17, 15) is 26.4 Å². The van der Waals surface area contributed by atoms with Crippen LogP contribution >= 0.6 is 23.2 Å². The van der Waals surface area contributed by atoms with E-state index in [1.54, 1.807) is 30.3 Å². The Morgan fingerprint density at radius 2 is 1.07 bits per heavy atom. The lowest BCUT2D eigenvalue weighted by Gasteiger charge is -2.43. The predicted octanol–water partition coefficient (Wildman–Crippen LogP) is 8.03. The van der Waals surface area contributed by atoms with Gasteiger partial charge in [0.15, 0.2) is 0 Å². The van der Waals surface area contributed by atoms with E-state index in [2.05, 4.69) is 5.32 Å². The number of carboxylic acid groups (broad SMARTS) is 1. The highest BCUT2D eigenvalue weighted by Crippen LogP contribution is 2.38. The van der Waals surface area contributed by atoms with Crippen molar-refractivity contribution in [3.8, 4) is 0 Å². The number of carbonyl (C=O) groups is 2. The molecule has 8 rings (SSSR count). The summed E-state index contributed by atoms with van der Waals surface area (Å²) >= 11 is 12.0. The van der Waals surface area contributed by atoms with Gasteiger partial charge in [-0.3, -0.25) is 9.59 Å². The fourth-order valence-electron chi connectivity index (χ4n) is 9.88. The first-order valence-corrected chi connectivity index (χ1v) is 24.7. The number of halogens is 2. The average molecular weight is 884 g/mol. The molecule has 0 radical (unpaired) electrons. The Labute approximate surface area is 357 Å². The number of rotatable bonds is 6. The van der Waals surface area contributed by atoms with Crippen LogP contribution in [0.5, 0.6) is 0 Å². The molecule has 2 aromatic carbocycles. The first-order valence-electron chi connectivity index (χ1n) is 21.1. The van der Waals surface area contributed by atoms with Gasteiger partial charge in [-0.15, -0.1) is 0 Å². The summed E-state index contributed by atoms with van der Waals surface area (Å²) in [7, 11) is -7.40. The average Bonchev–Trinajstić information content (AvgIpc) is 3.24. The highest BCUT2D eigenvalue weighted by molar-refractivity contribution is 7.89. The summed E-state index contributed by atoms with van der Waals surface area (Å²) in [6.07, 6.45) is 16.2. The zero-order chi connectivity index (χ0) is 40.6. The van der Waals surface area contributed by atoms with Gasteiger partial charge in [-0.05, 0) is 112 Å². The second-order valence-corrected chi connectivity index (χ2v) is 21.4. The van der Waals surface area contributed by atoms with Crippen LogP contribution in [0.3, 0.4) is 0 Å². The summed E-state index contributed by atoms with van der Waals surface area (Å²) in [4.78, 5) is 26.3. The minimum absolute atomic E-state index is 0. The van der Waals surface area contributed by atoms with Crippen molar-refractivity contribution in [2.45, 2.75) is 107 Å². The van der Waals surface area contributed by atoms with Crippen LogP contribution in [0, 0.1) is 35.5 Å². The molecule has 6 aliphatic rings. The first kappa shape index (κ1) is 46.8. The van der Waals surface area contributed by atoms with Gasteiger partial charge in [0.05, 0.1) is 21.9 Å². The zero-order valence-electron chi connectivity index (χ0n) is 33.0. The van der Waals surface area contributed by atoms with Crippen LogP contribution in [0.1, 0.15) is 97.3 Å². The van der Waals surface area contributed by atoms with Crippen LogP contribution in [0.15, 0.2) is 58.3 Å². The molecule has 58 heavy (non-hydrogen) atoms. The number of piperidine rings is 4. The van der Waals surface area contributed by atoms with E-state index < -0.39 is 31.9 Å². The zero-order valence-corrected chi connectivity index (χ0v) is 36.1. The van der Waals surface area contributed by atoms with Gasteiger partial charge >= 0.3 is 5.97 Å². The molecule has 15 heteroatoms. The van der Waals surface area contributed by atoms with Gasteiger partial charge in [-0.2, -0.15) is 8.61 Å². The Bertz CT molecular complexity index is 1880. The maximum atomic E-state index is 13.2. The van der Waals surface area contributed by atoms with E-state index in [-0.39, 0.29) is 52.2 Å². The SMILES string of the molecule is C.C1CCC2CNCCC2C1.O=C(O)[C@H]1CCCN(S(=O)(=O)c2ccccc2Cl)C1.O=C([C@H]1CCCN(S(=O)(=O)c2ccccc2Cl)C1)N1CCC2CCCCC2C1. The topological polar surface area (TPSA) is 144 Å². The van der Waals surface area contributed by atoms with E-state index in [1.165, 1.54) is 97.7 Å². The van der Waals surface area contributed by atoms with Crippen molar-refractivity contribution >= 4 is 55.1 Å². The number of hydrogen-bond donors (Lipinski definition) is 2. The minimum atomic E-state index is -3.72. The summed E-state index contributed by atoms with van der Waals surface area (Å²) in [5.41, 5.74) is 0. The van der Waals surface area contributed by atoms with Crippen molar-refractivity contribution in [1.82, 2.24) is 18.8 Å². The van der Waals surface area contributed by atoms with Crippen LogP contribution in [-0.4, -0.2) is 99.7 Å². The van der Waals surface area contributed by atoms with Crippen LogP contribution in [0.4, 0.5) is 0 Å². The molecule has 324 valence electrons. The molecule has 2 aliphatic carbocycles. The standard InChI is InChI=1S/C21H29ClN2O3S.C12H14ClNO4S.C9H17N.CH4/c22-19-9-3-4-10-20(19)28(26,27)24-12-5-8-18(15-24)21(25)23-13-11-16-6-1-2-7-17(16)14-23;13-10-5-1-2-6-11(10)19(17,18)14-7-3-4-9(8-14)12(15)16;1-2-4-9-7-10-6-5-8(9)3-1;/h3-4,9-10,16-18H,1-2,5-8,11-15H2;1-2,5-6,9H,3-4,7-8H2,(H,15,16);8-10H,1-7H2;1H4/t16?,17?,18-;9-;;/m00../s1. The fourth-order valence-corrected chi connectivity index (χ4v) is 13.9. The molecule has 6 atom stereocenters. The minimum Gasteiger partial charge on any atom is -0.481 e. The second-order valence-electron chi connectivity index (χ2n) is 16.8. The molecule has 11 nitrogen and oxygen atoms in total. The molecular formula is C43H64Cl2N4O7S2. The maximum Gasteiger partial charge on any atom is 0.307 e. The third-order valence-corrected chi connectivity index (χ3v) is 17.9. The number of benzene rings is 2. The Hall–Kier alpha value is -2.26. The Kier molecular flexibility index (Phi) is 17.4. The normalized spacial score (nSPS) is 28.1. The van der Waals surface area contributed by atoms with Crippen LogP contribution in [0.25, 0.3) is 0 Å². The van der Waals surface area contributed by atoms with Gasteiger partial charge < -0.3 is 15.3 Å². The quantitative estimate of drug-likeness (QED) is 0.297. The maximum absolute atomic E-state index is 13.2. The van der Waals surface area contributed by atoms with Crippen molar-refractivity contribution in [2.24, 2.45) is 35.5 Å². The van der Waals surface area contributed by atoms with Gasteiger partial charge in [0.2, 0.25) is 26.0 Å². The van der Waals surface area contributed by atoms with Crippen molar-refractivity contribution in [3.63, 3.8) is 0 Å². The van der Waals surface area contributed by atoms with Gasteiger partial charge in [0.25, 0.3) is 0 Å². The molecular weight excluding hydrogens is 820 g/mol. The summed E-state index contributed by atoms with van der Waals surface area (Å²) in [6, 6.07) is 12.7. The van der Waals surface area contributed by atoms with E-state index >= 15 is 0 Å². The number of amides is 1. The van der Waals surface area contributed by atoms with Crippen LogP contribution in [0.2, 0.25) is 10.0 Å². The fraction of sp³-hybridized carbons (Fsp3) is 0.674. The monoisotopic (exact) mass is 882 g/mol. The van der Waals surface area contributed by atoms with Crippen molar-refractivity contribution in [1.29, 1.82) is 0 Å². The molecule has 4 heterocycles. The number of carbonyl (C=O) groups excluding carboxylic acids is 1. The molecule has 4 aliphatic heterocycles. The number of carboxylic acids is 1. The van der Waals surface area contributed by atoms with Gasteiger partial charge in [-0.25, -0.2) is 16.8 Å². The third kappa shape index (κ3) is 11.6. The molecule has 4 unspecified atom stereocenters. The number of hydrogen-bond acceptors (Lipinski definition) is 7. The Morgan fingerprint density at radius 1 is 0.586 bits per heavy atom. The van der Waals surface area contributed by atoms with E-state index in [0.29, 0.717) is 38.3 Å². The molecule has 0 spiro atoms. The van der Waals surface area contributed by atoms with E-state index in [0.717, 1.165) is 43.7 Å². The number of likely N-dealkylation sites (tertiary alicyclic amines) is 1. The lowest BCUT2D eigenvalue weighted by Crippen LogP contribution is -2.50.